The highest BCUT2D eigenvalue weighted by Crippen LogP contribution is 2.37. The lowest BCUT2D eigenvalue weighted by Crippen LogP contribution is -2.35. The number of hydrogen-bond donors (Lipinski definition) is 2. The van der Waals surface area contributed by atoms with Crippen molar-refractivity contribution >= 4 is 11.8 Å². The summed E-state index contributed by atoms with van der Waals surface area (Å²) in [7, 11) is 0. The lowest BCUT2D eigenvalue weighted by atomic mass is 9.96. The van der Waals surface area contributed by atoms with Gasteiger partial charge in [0.1, 0.15) is 23.8 Å². The molecule has 0 amide bonds. The largest absolute Gasteiger partial charge is 0.480 e. The fourth-order valence-corrected chi connectivity index (χ4v) is 6.13. The van der Waals surface area contributed by atoms with Gasteiger partial charge in [-0.15, -0.1) is 0 Å². The van der Waals surface area contributed by atoms with Crippen LogP contribution >= 0.6 is 0 Å². The molecule has 9 heteroatoms. The number of rotatable bonds is 10. The van der Waals surface area contributed by atoms with Crippen LogP contribution in [0.1, 0.15) is 86.0 Å². The molecule has 2 aromatic rings. The molecule has 206 valence electrons. The third-order valence-corrected chi connectivity index (χ3v) is 8.18. The first-order valence-electron chi connectivity index (χ1n) is 14.1. The van der Waals surface area contributed by atoms with Gasteiger partial charge in [-0.1, -0.05) is 12.5 Å². The van der Waals surface area contributed by atoms with Crippen molar-refractivity contribution in [2.24, 2.45) is 5.92 Å². The topological polar surface area (TPSA) is 87.6 Å². The van der Waals surface area contributed by atoms with Gasteiger partial charge in [-0.05, 0) is 82.0 Å². The lowest BCUT2D eigenvalue weighted by Gasteiger charge is -2.30. The summed E-state index contributed by atoms with van der Waals surface area (Å²) in [5.74, 6) is -0.895. The molecule has 2 aromatic heterocycles. The number of carboxylic acids is 1. The number of halogens is 2. The Kier molecular flexibility index (Phi) is 8.84. The highest BCUT2D eigenvalue weighted by Gasteiger charge is 2.39. The summed E-state index contributed by atoms with van der Waals surface area (Å²) in [5.41, 5.74) is 3.12. The predicted octanol–water partition coefficient (Wildman–Crippen LogP) is 5.41. The van der Waals surface area contributed by atoms with E-state index in [-0.39, 0.29) is 12.0 Å². The van der Waals surface area contributed by atoms with Crippen LogP contribution < -0.4 is 5.32 Å². The van der Waals surface area contributed by atoms with Gasteiger partial charge in [0.2, 0.25) is 0 Å². The van der Waals surface area contributed by atoms with Crippen LogP contribution in [-0.4, -0.2) is 58.4 Å². The Labute approximate surface area is 223 Å². The van der Waals surface area contributed by atoms with Gasteiger partial charge in [-0.3, -0.25) is 14.7 Å². The van der Waals surface area contributed by atoms with Crippen molar-refractivity contribution < 1.29 is 23.4 Å². The molecular weight excluding hydrogens is 490 g/mol. The van der Waals surface area contributed by atoms with E-state index in [2.05, 4.69) is 22.4 Å². The highest BCUT2D eigenvalue weighted by atomic mass is 19.1. The van der Waals surface area contributed by atoms with E-state index in [0.717, 1.165) is 75.6 Å². The van der Waals surface area contributed by atoms with Gasteiger partial charge in [0, 0.05) is 36.9 Å². The maximum Gasteiger partial charge on any atom is 0.325 e. The molecule has 2 fully saturated rings. The van der Waals surface area contributed by atoms with Gasteiger partial charge in [0.15, 0.2) is 0 Å². The Morgan fingerprint density at radius 1 is 1.24 bits per heavy atom. The van der Waals surface area contributed by atoms with Crippen LogP contribution in [0.4, 0.5) is 14.6 Å². The zero-order chi connectivity index (χ0) is 26.5. The Morgan fingerprint density at radius 3 is 2.95 bits per heavy atom. The fraction of sp³-hybridized carbons (Fsp3) is 0.621. The summed E-state index contributed by atoms with van der Waals surface area (Å²) in [6.07, 6.45) is 8.07. The van der Waals surface area contributed by atoms with Crippen molar-refractivity contribution in [3.63, 3.8) is 0 Å². The molecule has 4 atom stereocenters. The fourth-order valence-electron chi connectivity index (χ4n) is 6.13. The van der Waals surface area contributed by atoms with E-state index >= 15 is 4.39 Å². The van der Waals surface area contributed by atoms with Gasteiger partial charge < -0.3 is 15.2 Å². The van der Waals surface area contributed by atoms with Crippen molar-refractivity contribution in [3.8, 4) is 0 Å². The van der Waals surface area contributed by atoms with Gasteiger partial charge in [0.05, 0.1) is 18.0 Å². The summed E-state index contributed by atoms with van der Waals surface area (Å²) in [4.78, 5) is 23.2. The molecule has 1 unspecified atom stereocenters. The molecule has 5 heterocycles. The maximum atomic E-state index is 15.2. The number of nitrogens with zero attached hydrogens (tertiary/aromatic N) is 3. The number of anilines is 1. The second-order valence-electron chi connectivity index (χ2n) is 10.9. The van der Waals surface area contributed by atoms with E-state index in [1.54, 1.807) is 4.90 Å². The molecule has 0 aromatic carbocycles. The Balaban J connectivity index is 1.16. The number of fused-ring (bicyclic) bond motifs is 1. The lowest BCUT2D eigenvalue weighted by molar-refractivity contribution is -0.143. The number of carbonyl (C=O) groups is 1. The Morgan fingerprint density at radius 2 is 2.13 bits per heavy atom. The monoisotopic (exact) mass is 528 g/mol. The molecule has 2 N–H and O–H groups in total. The van der Waals surface area contributed by atoms with Crippen LogP contribution in [0.3, 0.4) is 0 Å². The zero-order valence-electron chi connectivity index (χ0n) is 21.9. The summed E-state index contributed by atoms with van der Waals surface area (Å²) in [5, 5.41) is 13.5. The number of aliphatic carboxylic acids is 1. The number of carboxylic acid groups (broad SMARTS) is 1. The average molecular weight is 529 g/mol. The number of pyridine rings is 2. The van der Waals surface area contributed by atoms with Crippen molar-refractivity contribution in [3.05, 3.63) is 52.7 Å². The number of aryl methyl sites for hydroxylation is 2. The molecular formula is C29H38F2N4O3. The van der Waals surface area contributed by atoms with Crippen molar-refractivity contribution in [2.75, 3.05) is 31.6 Å². The van der Waals surface area contributed by atoms with Crippen LogP contribution in [0.15, 0.2) is 24.4 Å². The van der Waals surface area contributed by atoms with Crippen LogP contribution in [-0.2, 0) is 22.4 Å². The van der Waals surface area contributed by atoms with Gasteiger partial charge in [-0.2, -0.15) is 0 Å². The minimum Gasteiger partial charge on any atom is -0.480 e. The molecule has 0 bridgehead atoms. The van der Waals surface area contributed by atoms with E-state index in [9.17, 15) is 14.3 Å². The van der Waals surface area contributed by atoms with Gasteiger partial charge in [-0.25, -0.2) is 13.8 Å². The highest BCUT2D eigenvalue weighted by molar-refractivity contribution is 5.76. The molecule has 0 radical (unpaired) electrons. The summed E-state index contributed by atoms with van der Waals surface area (Å²) >= 11 is 0. The summed E-state index contributed by atoms with van der Waals surface area (Å²) < 4.78 is 35.3. The third-order valence-electron chi connectivity index (χ3n) is 8.18. The number of aromatic nitrogens is 2. The molecule has 0 aliphatic carbocycles. The first-order valence-corrected chi connectivity index (χ1v) is 14.1. The second kappa shape index (κ2) is 12.5. The smallest absolute Gasteiger partial charge is 0.325 e. The average Bonchev–Trinajstić information content (AvgIpc) is 3.41. The minimum atomic E-state index is -1.07. The Hall–Kier alpha value is -2.65. The van der Waals surface area contributed by atoms with Crippen molar-refractivity contribution in [2.45, 2.75) is 82.5 Å². The SMILES string of the molecule is O=C(O)[C@@H](c1cc(F)cnc1[C@@H]1CCCCO1)N1CC[C@@H](C(F)CCCCc2ccc3c(n2)NCCC3)C1. The molecule has 7 nitrogen and oxygen atoms in total. The van der Waals surface area contributed by atoms with Crippen molar-refractivity contribution in [1.29, 1.82) is 0 Å². The minimum absolute atomic E-state index is 0.237. The first kappa shape index (κ1) is 26.9. The quantitative estimate of drug-likeness (QED) is 0.399. The molecule has 38 heavy (non-hydrogen) atoms. The van der Waals surface area contributed by atoms with E-state index in [0.29, 0.717) is 43.8 Å². The van der Waals surface area contributed by atoms with Crippen LogP contribution in [0.25, 0.3) is 0 Å². The van der Waals surface area contributed by atoms with E-state index < -0.39 is 24.0 Å². The van der Waals surface area contributed by atoms with E-state index in [4.69, 9.17) is 9.72 Å². The first-order chi connectivity index (χ1) is 18.5. The van der Waals surface area contributed by atoms with Crippen LogP contribution in [0.2, 0.25) is 0 Å². The molecule has 2 saturated heterocycles. The normalized spacial score (nSPS) is 23.4. The van der Waals surface area contributed by atoms with Gasteiger partial charge >= 0.3 is 5.97 Å². The summed E-state index contributed by atoms with van der Waals surface area (Å²) in [6, 6.07) is 4.42. The standard InChI is InChI=1S/C29H38F2N4O3/c30-21-16-23(26(33-17-21)25-9-3-4-15-38-25)27(29(36)37)35-14-12-20(18-35)24(31)8-2-1-7-22-11-10-19-6-5-13-32-28(19)34-22/h10-11,16-17,20,24-25,27H,1-9,12-15,18H2,(H,32,34)(H,36,37)/t20-,24?,25+,27-/m1/s1. The zero-order valence-corrected chi connectivity index (χ0v) is 21.9. The van der Waals surface area contributed by atoms with Crippen molar-refractivity contribution in [1.82, 2.24) is 14.9 Å². The molecule has 3 aliphatic heterocycles. The maximum absolute atomic E-state index is 15.2. The van der Waals surface area contributed by atoms with Gasteiger partial charge in [0.25, 0.3) is 0 Å². The number of alkyl halides is 1. The molecule has 0 saturated carbocycles. The molecule has 5 rings (SSSR count). The number of nitrogens with one attached hydrogen (secondary N) is 1. The number of ether oxygens (including phenoxy) is 1. The summed E-state index contributed by atoms with van der Waals surface area (Å²) in [6.45, 7) is 2.32. The molecule has 3 aliphatic rings. The second-order valence-corrected chi connectivity index (χ2v) is 10.9. The van der Waals surface area contributed by atoms with Crippen LogP contribution in [0.5, 0.6) is 0 Å². The number of unbranched alkanes of at least 4 members (excludes halogenated alkanes) is 1. The molecule has 0 spiro atoms. The Bertz CT molecular complexity index is 1110. The number of likely N-dealkylation sites (tertiary alicyclic amines) is 1. The van der Waals surface area contributed by atoms with Crippen LogP contribution in [0, 0.1) is 11.7 Å². The number of hydrogen-bond acceptors (Lipinski definition) is 6. The van der Waals surface area contributed by atoms with E-state index in [1.165, 1.54) is 11.6 Å². The van der Waals surface area contributed by atoms with E-state index in [1.807, 2.05) is 0 Å². The third kappa shape index (κ3) is 6.31. The predicted molar refractivity (Wildman–Crippen MR) is 140 cm³/mol.